The topological polar surface area (TPSA) is 9.23 Å². The fourth-order valence-electron chi connectivity index (χ4n) is 2.28. The molecule has 92 valence electrons. The van der Waals surface area contributed by atoms with E-state index in [9.17, 15) is 13.2 Å². The van der Waals surface area contributed by atoms with Gasteiger partial charge in [0, 0.05) is 0 Å². The molecule has 1 nitrogen and oxygen atoms in total. The molecule has 0 amide bonds. The third-order valence-electron chi connectivity index (χ3n) is 3.24. The van der Waals surface area contributed by atoms with Crippen LogP contribution in [0.25, 0.3) is 0 Å². The Hall–Kier alpha value is -0.231. The quantitative estimate of drug-likeness (QED) is 0.763. The summed E-state index contributed by atoms with van der Waals surface area (Å²) in [6.45, 7) is 0. The Morgan fingerprint density at radius 2 is 1.88 bits per heavy atom. The number of rotatable bonds is 3. The van der Waals surface area contributed by atoms with Crippen molar-refractivity contribution in [1.82, 2.24) is 0 Å². The summed E-state index contributed by atoms with van der Waals surface area (Å²) in [4.78, 5) is 0. The van der Waals surface area contributed by atoms with Gasteiger partial charge in [-0.1, -0.05) is 0 Å². The van der Waals surface area contributed by atoms with Crippen LogP contribution in [-0.4, -0.2) is 27.1 Å². The van der Waals surface area contributed by atoms with Crippen LogP contribution in [0.15, 0.2) is 24.3 Å². The molecule has 0 spiro atoms. The summed E-state index contributed by atoms with van der Waals surface area (Å²) in [5.41, 5.74) is -0.909. The molecule has 1 aromatic rings. The minimum atomic E-state index is -4.30. The second-order valence-electron chi connectivity index (χ2n) is 4.20. The first kappa shape index (κ1) is 13.2. The predicted octanol–water partition coefficient (Wildman–Crippen LogP) is 2.96. The van der Waals surface area contributed by atoms with Crippen molar-refractivity contribution in [2.24, 2.45) is 0 Å². The van der Waals surface area contributed by atoms with Gasteiger partial charge in [0.25, 0.3) is 0 Å². The Kier molecular flexibility index (Phi) is 3.73. The molecule has 1 fully saturated rings. The zero-order valence-corrected chi connectivity index (χ0v) is 12.6. The van der Waals surface area contributed by atoms with Gasteiger partial charge in [-0.15, -0.1) is 0 Å². The van der Waals surface area contributed by atoms with Crippen molar-refractivity contribution in [3.05, 3.63) is 35.4 Å². The number of hydrogen-bond acceptors (Lipinski definition) is 1. The van der Waals surface area contributed by atoms with Crippen molar-refractivity contribution in [1.29, 1.82) is 0 Å². The second-order valence-corrected chi connectivity index (χ2v) is 5.15. The maximum absolute atomic E-state index is 12.9. The van der Waals surface area contributed by atoms with E-state index in [4.69, 9.17) is 4.74 Å². The standard InChI is InChI=1S/C12H12F3O.Sn.H/c1-16-11(7-4-8-11)9-5-2-3-6-10(9)12(13,14)15;;/h2-3,5-6H,1,4,7-8H2;;. The first-order valence-electron chi connectivity index (χ1n) is 5.50. The summed E-state index contributed by atoms with van der Waals surface area (Å²) in [5, 5.41) is 0. The second kappa shape index (κ2) is 4.80. The first-order valence-corrected chi connectivity index (χ1v) is 7.83. The molecular weight excluding hydrogens is 336 g/mol. The SMILES string of the molecule is FC(F)(F)c1ccccc1C1(O[CH2][SnH])CCC1. The molecule has 0 bridgehead atoms. The van der Waals surface area contributed by atoms with Crippen molar-refractivity contribution in [2.45, 2.75) is 31.0 Å². The molecule has 1 aliphatic rings. The van der Waals surface area contributed by atoms with Crippen LogP contribution in [0.3, 0.4) is 0 Å². The van der Waals surface area contributed by atoms with Crippen LogP contribution in [0, 0.1) is 0 Å². The van der Waals surface area contributed by atoms with Crippen molar-refractivity contribution in [3.63, 3.8) is 0 Å². The molecule has 2 rings (SSSR count). The number of ether oxygens (including phenoxy) is 1. The molecule has 0 atom stereocenters. The number of halogens is 3. The van der Waals surface area contributed by atoms with Gasteiger partial charge in [0.15, 0.2) is 0 Å². The van der Waals surface area contributed by atoms with Gasteiger partial charge >= 0.3 is 111 Å². The van der Waals surface area contributed by atoms with E-state index in [1.54, 1.807) is 12.1 Å². The Morgan fingerprint density at radius 3 is 2.35 bits per heavy atom. The third kappa shape index (κ3) is 2.47. The van der Waals surface area contributed by atoms with E-state index < -0.39 is 17.3 Å². The number of hydrogen-bond donors (Lipinski definition) is 0. The van der Waals surface area contributed by atoms with Crippen molar-refractivity contribution in [2.75, 3.05) is 4.62 Å². The summed E-state index contributed by atoms with van der Waals surface area (Å²) in [6.07, 6.45) is -1.97. The Morgan fingerprint density at radius 1 is 1.24 bits per heavy atom. The van der Waals surface area contributed by atoms with Crippen LogP contribution in [0.2, 0.25) is 0 Å². The summed E-state index contributed by atoms with van der Waals surface area (Å²) in [6, 6.07) is 5.78. The fraction of sp³-hybridized carbons (Fsp3) is 0.500. The Labute approximate surface area is 111 Å². The van der Waals surface area contributed by atoms with E-state index in [1.165, 1.54) is 6.07 Å². The normalized spacial score (nSPS) is 18.8. The molecule has 0 unspecified atom stereocenters. The van der Waals surface area contributed by atoms with Crippen LogP contribution in [-0.2, 0) is 16.5 Å². The molecule has 17 heavy (non-hydrogen) atoms. The molecule has 0 aliphatic heterocycles. The van der Waals surface area contributed by atoms with Crippen molar-refractivity contribution < 1.29 is 17.9 Å². The van der Waals surface area contributed by atoms with E-state index in [1.807, 2.05) is 0 Å². The predicted molar refractivity (Wildman–Crippen MR) is 60.1 cm³/mol. The monoisotopic (exact) mass is 350 g/mol. The van der Waals surface area contributed by atoms with E-state index in [-0.39, 0.29) is 0 Å². The summed E-state index contributed by atoms with van der Waals surface area (Å²) >= 11 is 0.905. The van der Waals surface area contributed by atoms with Crippen molar-refractivity contribution in [3.8, 4) is 0 Å². The van der Waals surface area contributed by atoms with Gasteiger partial charge in [-0.2, -0.15) is 0 Å². The molecule has 5 heteroatoms. The fourth-order valence-corrected chi connectivity index (χ4v) is 3.19. The molecule has 0 heterocycles. The molecule has 0 saturated heterocycles. The van der Waals surface area contributed by atoms with Gasteiger partial charge in [0.2, 0.25) is 0 Å². The zero-order chi connectivity index (χ0) is 12.5. The first-order chi connectivity index (χ1) is 7.99. The molecule has 1 saturated carbocycles. The Bertz CT molecular complexity index is 399. The van der Waals surface area contributed by atoms with Crippen molar-refractivity contribution >= 4 is 22.5 Å². The Balaban J connectivity index is 2.44. The zero-order valence-electron chi connectivity index (χ0n) is 9.26. The van der Waals surface area contributed by atoms with Gasteiger partial charge in [0.1, 0.15) is 0 Å². The van der Waals surface area contributed by atoms with Crippen LogP contribution in [0.1, 0.15) is 30.4 Å². The molecule has 0 aromatic heterocycles. The third-order valence-corrected chi connectivity index (χ3v) is 3.72. The molecule has 1 aromatic carbocycles. The minimum absolute atomic E-state index is 0.313. The van der Waals surface area contributed by atoms with Gasteiger partial charge < -0.3 is 0 Å². The average molecular weight is 349 g/mol. The van der Waals surface area contributed by atoms with Gasteiger partial charge in [0.05, 0.1) is 0 Å². The van der Waals surface area contributed by atoms with Crippen LogP contribution in [0.4, 0.5) is 13.2 Å². The summed E-state index contributed by atoms with van der Waals surface area (Å²) in [5.74, 6) is 0. The van der Waals surface area contributed by atoms with E-state index in [0.717, 1.165) is 35.0 Å². The van der Waals surface area contributed by atoms with E-state index in [0.29, 0.717) is 23.0 Å². The average Bonchev–Trinajstić information content (AvgIpc) is 2.22. The molecule has 2 radical (unpaired) electrons. The number of alkyl halides is 3. The molecule has 1 aliphatic carbocycles. The maximum atomic E-state index is 12.9. The van der Waals surface area contributed by atoms with E-state index in [2.05, 4.69) is 0 Å². The summed E-state index contributed by atoms with van der Waals surface area (Å²) < 4.78 is 45.0. The van der Waals surface area contributed by atoms with Gasteiger partial charge in [-0.05, 0) is 0 Å². The van der Waals surface area contributed by atoms with Crippen LogP contribution >= 0.6 is 0 Å². The van der Waals surface area contributed by atoms with Crippen LogP contribution in [0.5, 0.6) is 0 Å². The van der Waals surface area contributed by atoms with E-state index >= 15 is 0 Å². The van der Waals surface area contributed by atoms with Crippen LogP contribution < -0.4 is 0 Å². The van der Waals surface area contributed by atoms with Gasteiger partial charge in [-0.25, -0.2) is 0 Å². The van der Waals surface area contributed by atoms with Gasteiger partial charge in [-0.3, -0.25) is 0 Å². The molecule has 0 N–H and O–H groups in total. The summed E-state index contributed by atoms with van der Waals surface area (Å²) in [7, 11) is 0. The number of benzene rings is 1. The molecular formula is C12H13F3OSn.